The highest BCUT2D eigenvalue weighted by Gasteiger charge is 2.36. The maximum Gasteiger partial charge on any atom is 0.0652 e. The first-order valence-corrected chi connectivity index (χ1v) is 17.1. The summed E-state index contributed by atoms with van der Waals surface area (Å²) in [6.45, 7) is -3.55. The van der Waals surface area contributed by atoms with Gasteiger partial charge in [0, 0.05) is 26.5 Å². The lowest BCUT2D eigenvalue weighted by atomic mass is 9.82. The van der Waals surface area contributed by atoms with Crippen molar-refractivity contribution < 1.29 is 39.8 Å². The van der Waals surface area contributed by atoms with E-state index in [9.17, 15) is 19.2 Å². The summed E-state index contributed by atoms with van der Waals surface area (Å²) >= 11 is 0. The van der Waals surface area contributed by atoms with Gasteiger partial charge in [-0.25, -0.2) is 0 Å². The molecule has 0 amide bonds. The van der Waals surface area contributed by atoms with Gasteiger partial charge in [0.05, 0.1) is 41.3 Å². The number of hydrogen-bond acceptors (Lipinski definition) is 1. The predicted molar refractivity (Wildman–Crippen MR) is 240 cm³/mol. The average molecular weight is 743 g/mol. The number of hydrogen-bond donors (Lipinski definition) is 0. The third-order valence-corrected chi connectivity index (χ3v) is 9.74. The van der Waals surface area contributed by atoms with Crippen molar-refractivity contribution in [3.8, 4) is 33.4 Å². The first kappa shape index (κ1) is 14.6. The van der Waals surface area contributed by atoms with Crippen LogP contribution < -0.4 is 4.90 Å². The van der Waals surface area contributed by atoms with E-state index in [0.29, 0.717) is 4.90 Å². The first-order chi connectivity index (χ1) is 39.9. The summed E-state index contributed by atoms with van der Waals surface area (Å²) in [7, 11) is 0. The van der Waals surface area contributed by atoms with Gasteiger partial charge in [-0.05, 0) is 118 Å². The number of benzene rings is 10. The van der Waals surface area contributed by atoms with E-state index in [4.69, 9.17) is 20.6 Å². The summed E-state index contributed by atoms with van der Waals surface area (Å²) in [5, 5.41) is -3.40. The second-order valence-electron chi connectivity index (χ2n) is 13.0. The normalized spacial score (nSPS) is 22.0. The van der Waals surface area contributed by atoms with E-state index >= 15 is 0 Å². The van der Waals surface area contributed by atoms with Gasteiger partial charge in [0.1, 0.15) is 0 Å². The average Bonchev–Trinajstić information content (AvgIpc) is 1.85. The lowest BCUT2D eigenvalue weighted by molar-refractivity contribution is 0.660. The summed E-state index contributed by atoms with van der Waals surface area (Å²) in [6, 6.07) is -14.3. The number of nitrogens with zero attached hydrogens (tertiary/aromatic N) is 1. The Kier molecular flexibility index (Phi) is 3.27. The molecule has 0 radical (unpaired) electrons. The zero-order chi connectivity index (χ0) is 62.3. The van der Waals surface area contributed by atoms with Crippen molar-refractivity contribution in [3.05, 3.63) is 211 Å². The van der Waals surface area contributed by atoms with Gasteiger partial charge in [-0.3, -0.25) is 0 Å². The quantitative estimate of drug-likeness (QED) is 0.159. The lowest BCUT2D eigenvalue weighted by Gasteiger charge is -2.31. The molecule has 0 heterocycles. The minimum atomic E-state index is -2.64. The van der Waals surface area contributed by atoms with Crippen molar-refractivity contribution in [2.24, 2.45) is 0 Å². The van der Waals surface area contributed by atoms with Crippen molar-refractivity contribution in [2.45, 2.75) is 19.2 Å². The lowest BCUT2D eigenvalue weighted by Crippen LogP contribution is -2.17. The molecule has 0 saturated heterocycles. The van der Waals surface area contributed by atoms with Crippen molar-refractivity contribution in [2.75, 3.05) is 4.90 Å². The van der Waals surface area contributed by atoms with Crippen molar-refractivity contribution >= 4 is 60.2 Å². The topological polar surface area (TPSA) is 3.24 Å². The number of fused-ring (bicyclic) bond motifs is 10. The molecule has 1 aliphatic rings. The van der Waals surface area contributed by atoms with Gasteiger partial charge >= 0.3 is 0 Å². The molecular formula is C55H39N. The molecule has 56 heavy (non-hydrogen) atoms. The van der Waals surface area contributed by atoms with Crippen LogP contribution in [0.15, 0.2) is 200 Å². The van der Waals surface area contributed by atoms with Crippen molar-refractivity contribution in [1.29, 1.82) is 0 Å². The molecule has 0 aromatic heterocycles. The summed E-state index contributed by atoms with van der Waals surface area (Å²) in [4.78, 5) is 0.529. The zero-order valence-corrected chi connectivity index (χ0v) is 28.8. The SMILES string of the molecule is [2H]CC1(C([2H])[2H])c2c([2H])c([2H])c([2H])c([2H])c2-c2c([2H])c([2H])c(N(c3c([2H])c([2H])c(-c4c([2H])cccc4[2H])c([2H])c3[2H])c3c(-c4c([2H])c([2H])c([2H])c5c([2H])c([2H])c([2H])cc45)c([2H])c4c(c3[2H])c3c([2H])cccc3c3c([2H])c([2H])c([2H])c([2H])c34)c([2H])c21. The Bertz CT molecular complexity index is 4710. The van der Waals surface area contributed by atoms with Gasteiger partial charge in [-0.1, -0.05) is 177 Å². The molecule has 10 aromatic carbocycles. The Balaban J connectivity index is 1.51. The fraction of sp³-hybridized carbons (Fsp3) is 0.0545. The molecule has 1 nitrogen and oxygen atoms in total. The molecule has 0 bridgehead atoms. The van der Waals surface area contributed by atoms with Crippen LogP contribution in [0.5, 0.6) is 0 Å². The van der Waals surface area contributed by atoms with E-state index in [0.717, 1.165) is 6.07 Å². The van der Waals surface area contributed by atoms with E-state index in [1.54, 1.807) is 0 Å². The number of anilines is 3. The molecule has 1 atom stereocenters. The van der Waals surface area contributed by atoms with Crippen LogP contribution >= 0.6 is 0 Å². The van der Waals surface area contributed by atoms with E-state index in [-0.39, 0.29) is 16.2 Å². The molecule has 11 rings (SSSR count). The van der Waals surface area contributed by atoms with Crippen LogP contribution in [-0.2, 0) is 5.41 Å². The standard InChI is InChI=1S/C55H39N/c1-55(2)52-26-13-12-24-47(52)48-32-31-40(33-53(48)55)56(39-29-27-37(28-30-39)36-15-4-3-5-16-36)54-35-50-46-23-11-9-21-44(46)43-20-8-10-22-45(43)49(50)34-51(54)42-25-14-18-38-17-6-7-19-41(38)42/h3-35H,1-2H3/i1D,2D2,6D,7D,8D,10D,12D,13D,14D,15D,16D,17D,18D,20D,22D,23D,24D,25D,26D,27D,28D,29D,30D,31D,32D,33D,34D,35D. The van der Waals surface area contributed by atoms with Crippen LogP contribution in [0.1, 0.15) is 64.7 Å². The molecule has 1 unspecified atom stereocenters. The van der Waals surface area contributed by atoms with E-state index in [2.05, 4.69) is 0 Å². The molecule has 0 saturated carbocycles. The van der Waals surface area contributed by atoms with Gasteiger partial charge < -0.3 is 4.90 Å². The third kappa shape index (κ3) is 4.94. The molecule has 0 aliphatic heterocycles. The van der Waals surface area contributed by atoms with E-state index in [1.165, 1.54) is 36.4 Å². The highest BCUT2D eigenvalue weighted by molar-refractivity contribution is 6.27. The van der Waals surface area contributed by atoms with Gasteiger partial charge in [-0.2, -0.15) is 0 Å². The Morgan fingerprint density at radius 1 is 0.429 bits per heavy atom. The minimum absolute atomic E-state index is 0.114. The highest BCUT2D eigenvalue weighted by atomic mass is 15.1. The van der Waals surface area contributed by atoms with Gasteiger partial charge in [0.15, 0.2) is 0 Å². The van der Waals surface area contributed by atoms with Crippen molar-refractivity contribution in [3.63, 3.8) is 0 Å². The zero-order valence-electron chi connectivity index (χ0n) is 57.8. The van der Waals surface area contributed by atoms with Gasteiger partial charge in [-0.15, -0.1) is 0 Å². The van der Waals surface area contributed by atoms with Crippen LogP contribution in [0.25, 0.3) is 76.5 Å². The maximum atomic E-state index is 10.8. The summed E-state index contributed by atoms with van der Waals surface area (Å²) in [5.41, 5.74) is -11.0. The van der Waals surface area contributed by atoms with Crippen LogP contribution in [0.2, 0.25) is 0 Å². The second kappa shape index (κ2) is 12.5. The van der Waals surface area contributed by atoms with E-state index in [1.807, 2.05) is 0 Å². The molecule has 1 heteroatoms. The fourth-order valence-corrected chi connectivity index (χ4v) is 7.20. The molecule has 0 N–H and O–H groups in total. The maximum absolute atomic E-state index is 10.8. The molecular weight excluding hydrogens is 675 g/mol. The number of rotatable bonds is 5. The van der Waals surface area contributed by atoms with Crippen LogP contribution in [0.4, 0.5) is 17.1 Å². The van der Waals surface area contributed by atoms with Gasteiger partial charge in [0.25, 0.3) is 0 Å². The minimum Gasteiger partial charge on any atom is -0.310 e. The van der Waals surface area contributed by atoms with Crippen LogP contribution in [0.3, 0.4) is 0 Å². The van der Waals surface area contributed by atoms with Gasteiger partial charge in [0.2, 0.25) is 0 Å². The highest BCUT2D eigenvalue weighted by Crippen LogP contribution is 2.52. The first-order valence-electron chi connectivity index (χ1n) is 32.0. The molecule has 0 fully saturated rings. The Labute approximate surface area is 368 Å². The third-order valence-electron chi connectivity index (χ3n) is 9.74. The monoisotopic (exact) mass is 742 g/mol. The predicted octanol–water partition coefficient (Wildman–Crippen LogP) is 15.4. The Hall–Kier alpha value is -6.96. The Morgan fingerprint density at radius 3 is 1.96 bits per heavy atom. The Morgan fingerprint density at radius 2 is 1.11 bits per heavy atom. The fourth-order valence-electron chi connectivity index (χ4n) is 7.20. The van der Waals surface area contributed by atoms with Crippen molar-refractivity contribution in [1.82, 2.24) is 0 Å². The second-order valence-corrected chi connectivity index (χ2v) is 13.0. The smallest absolute Gasteiger partial charge is 0.0652 e. The molecule has 10 aromatic rings. The molecule has 1 aliphatic carbocycles. The largest absolute Gasteiger partial charge is 0.310 e. The van der Waals surface area contributed by atoms with Crippen LogP contribution in [-0.4, -0.2) is 0 Å². The summed E-state index contributed by atoms with van der Waals surface area (Å²) in [5.74, 6) is 0. The summed E-state index contributed by atoms with van der Waals surface area (Å²) < 4.78 is 272. The summed E-state index contributed by atoms with van der Waals surface area (Å²) in [6.07, 6.45) is 0. The van der Waals surface area contributed by atoms with Crippen LogP contribution in [0, 0.1) is 0 Å². The molecule has 0 spiro atoms. The molecule has 264 valence electrons. The van der Waals surface area contributed by atoms with E-state index < -0.39 is 265 Å².